The number of amides is 2. The predicted octanol–water partition coefficient (Wildman–Crippen LogP) is 4.57. The molecule has 1 aliphatic rings. The number of aryl methyl sites for hydroxylation is 1. The molecule has 5 rings (SSSR count). The first-order valence-corrected chi connectivity index (χ1v) is 11.8. The van der Waals surface area contributed by atoms with Crippen molar-refractivity contribution in [2.45, 2.75) is 26.4 Å². The molecular weight excluding hydrogens is 448 g/mol. The van der Waals surface area contributed by atoms with Gasteiger partial charge in [-0.25, -0.2) is 4.79 Å². The Balaban J connectivity index is 1.41. The Hall–Kier alpha value is -3.98. The van der Waals surface area contributed by atoms with Gasteiger partial charge in [-0.2, -0.15) is 0 Å². The Labute approximate surface area is 201 Å². The Morgan fingerprint density at radius 1 is 1.12 bits per heavy atom. The first-order valence-electron chi connectivity index (χ1n) is 11.0. The second-order valence-electron chi connectivity index (χ2n) is 7.72. The average Bonchev–Trinajstić information content (AvgIpc) is 3.44. The molecule has 2 aromatic heterocycles. The van der Waals surface area contributed by atoms with Gasteiger partial charge in [-0.05, 0) is 24.6 Å². The quantitative estimate of drug-likeness (QED) is 0.430. The third-order valence-electron chi connectivity index (χ3n) is 5.53. The molecular formula is C25H24N6O2S. The lowest BCUT2D eigenvalue weighted by molar-refractivity contribution is 0.251. The number of nitrogens with one attached hydrogen (secondary N) is 2. The van der Waals surface area contributed by atoms with E-state index >= 15 is 0 Å². The molecule has 2 N–H and O–H groups in total. The summed E-state index contributed by atoms with van der Waals surface area (Å²) >= 11 is 1.71. The number of aromatic nitrogens is 3. The number of nitrogens with zero attached hydrogens (tertiary/aromatic N) is 4. The molecule has 4 aromatic rings. The smallest absolute Gasteiger partial charge is 0.319 e. The fourth-order valence-corrected chi connectivity index (χ4v) is 5.00. The van der Waals surface area contributed by atoms with E-state index in [0.717, 1.165) is 34.1 Å². The van der Waals surface area contributed by atoms with Crippen LogP contribution in [0.5, 0.6) is 5.75 Å². The number of benzene rings is 2. The molecule has 172 valence electrons. The van der Waals surface area contributed by atoms with Crippen LogP contribution in [-0.2, 0) is 19.5 Å². The minimum absolute atomic E-state index is 0.224. The number of thiophene rings is 1. The van der Waals surface area contributed by atoms with Gasteiger partial charge in [0, 0.05) is 27.8 Å². The molecule has 0 bridgehead atoms. The van der Waals surface area contributed by atoms with Gasteiger partial charge in [-0.3, -0.25) is 9.56 Å². The number of hydrogen-bond acceptors (Lipinski definition) is 6. The standard InChI is InChI=1S/C25H24N6O2S/c1-3-19-13-20-23(16-8-5-4-6-9-16)26-14-21-29-30-22(31(21)24(20)34-19)15-27-25(32)28-17-10-7-11-18(12-17)33-2/h4-13H,3,14-15H2,1-2H3,(H2,27,28,32). The maximum atomic E-state index is 12.5. The van der Waals surface area contributed by atoms with Crippen molar-refractivity contribution >= 4 is 28.8 Å². The summed E-state index contributed by atoms with van der Waals surface area (Å²) in [6.07, 6.45) is 0.924. The van der Waals surface area contributed by atoms with Crippen LogP contribution in [-0.4, -0.2) is 33.6 Å². The van der Waals surface area contributed by atoms with Gasteiger partial charge in [0.05, 0.1) is 19.4 Å². The van der Waals surface area contributed by atoms with E-state index in [0.29, 0.717) is 23.8 Å². The number of urea groups is 1. The number of ether oxygens (including phenoxy) is 1. The fourth-order valence-electron chi connectivity index (χ4n) is 3.86. The normalized spacial score (nSPS) is 12.2. The molecule has 1 aliphatic heterocycles. The maximum Gasteiger partial charge on any atom is 0.319 e. The van der Waals surface area contributed by atoms with E-state index in [9.17, 15) is 4.79 Å². The lowest BCUT2D eigenvalue weighted by atomic mass is 10.0. The Morgan fingerprint density at radius 3 is 2.76 bits per heavy atom. The summed E-state index contributed by atoms with van der Waals surface area (Å²) in [4.78, 5) is 18.7. The minimum atomic E-state index is -0.332. The van der Waals surface area contributed by atoms with Crippen LogP contribution in [0.15, 0.2) is 65.7 Å². The Morgan fingerprint density at radius 2 is 1.97 bits per heavy atom. The molecule has 0 saturated carbocycles. The van der Waals surface area contributed by atoms with E-state index in [1.165, 1.54) is 4.88 Å². The molecule has 0 radical (unpaired) electrons. The molecule has 9 heteroatoms. The molecule has 2 amide bonds. The lowest BCUT2D eigenvalue weighted by Gasteiger charge is -2.11. The highest BCUT2D eigenvalue weighted by Gasteiger charge is 2.25. The van der Waals surface area contributed by atoms with Gasteiger partial charge < -0.3 is 15.4 Å². The largest absolute Gasteiger partial charge is 0.497 e. The summed E-state index contributed by atoms with van der Waals surface area (Å²) in [7, 11) is 1.59. The van der Waals surface area contributed by atoms with Gasteiger partial charge in [-0.15, -0.1) is 21.5 Å². The van der Waals surface area contributed by atoms with E-state index in [1.54, 1.807) is 30.6 Å². The summed E-state index contributed by atoms with van der Waals surface area (Å²) in [6.45, 7) is 2.78. The van der Waals surface area contributed by atoms with E-state index in [2.05, 4.69) is 46.0 Å². The van der Waals surface area contributed by atoms with Crippen LogP contribution in [0.4, 0.5) is 10.5 Å². The predicted molar refractivity (Wildman–Crippen MR) is 133 cm³/mol. The highest BCUT2D eigenvalue weighted by molar-refractivity contribution is 7.15. The number of hydrogen-bond donors (Lipinski definition) is 2. The van der Waals surface area contributed by atoms with Crippen LogP contribution in [0.1, 0.15) is 34.6 Å². The first kappa shape index (κ1) is 21.8. The van der Waals surface area contributed by atoms with Crippen molar-refractivity contribution in [1.82, 2.24) is 20.1 Å². The van der Waals surface area contributed by atoms with Gasteiger partial charge in [-0.1, -0.05) is 43.3 Å². The number of methoxy groups -OCH3 is 1. The van der Waals surface area contributed by atoms with Gasteiger partial charge in [0.1, 0.15) is 17.3 Å². The molecule has 0 unspecified atom stereocenters. The van der Waals surface area contributed by atoms with Crippen LogP contribution in [0, 0.1) is 0 Å². The lowest BCUT2D eigenvalue weighted by Crippen LogP contribution is -2.29. The van der Waals surface area contributed by atoms with Gasteiger partial charge in [0.15, 0.2) is 11.6 Å². The van der Waals surface area contributed by atoms with Crippen molar-refractivity contribution < 1.29 is 9.53 Å². The van der Waals surface area contributed by atoms with Crippen molar-refractivity contribution in [2.24, 2.45) is 4.99 Å². The SMILES string of the molecule is CCc1cc2c(s1)-n1c(nnc1CNC(=O)Nc1cccc(OC)c1)CN=C2c1ccccc1. The zero-order valence-electron chi connectivity index (χ0n) is 18.9. The van der Waals surface area contributed by atoms with Crippen molar-refractivity contribution in [3.63, 3.8) is 0 Å². The van der Waals surface area contributed by atoms with Crippen LogP contribution in [0.25, 0.3) is 5.00 Å². The molecule has 0 fully saturated rings. The van der Waals surface area contributed by atoms with Crippen LogP contribution < -0.4 is 15.4 Å². The maximum absolute atomic E-state index is 12.5. The number of aliphatic imine (C=N–C) groups is 1. The van der Waals surface area contributed by atoms with E-state index in [-0.39, 0.29) is 12.6 Å². The minimum Gasteiger partial charge on any atom is -0.497 e. The zero-order valence-corrected chi connectivity index (χ0v) is 19.7. The average molecular weight is 473 g/mol. The number of rotatable bonds is 6. The number of carbonyl (C=O) groups is 1. The van der Waals surface area contributed by atoms with Crippen LogP contribution in [0.2, 0.25) is 0 Å². The van der Waals surface area contributed by atoms with Gasteiger partial charge in [0.25, 0.3) is 0 Å². The molecule has 3 heterocycles. The summed E-state index contributed by atoms with van der Waals surface area (Å²) in [5.74, 6) is 2.08. The number of anilines is 1. The van der Waals surface area contributed by atoms with E-state index in [1.807, 2.05) is 34.9 Å². The Kier molecular flexibility index (Phi) is 6.09. The molecule has 0 spiro atoms. The number of carbonyl (C=O) groups excluding carboxylic acids is 1. The fraction of sp³-hybridized carbons (Fsp3) is 0.200. The summed E-state index contributed by atoms with van der Waals surface area (Å²) in [5.41, 5.74) is 3.73. The van der Waals surface area contributed by atoms with Gasteiger partial charge >= 0.3 is 6.03 Å². The van der Waals surface area contributed by atoms with E-state index in [4.69, 9.17) is 9.73 Å². The van der Waals surface area contributed by atoms with Crippen LogP contribution >= 0.6 is 11.3 Å². The summed E-state index contributed by atoms with van der Waals surface area (Å²) in [6, 6.07) is 19.3. The second kappa shape index (κ2) is 9.48. The van der Waals surface area contributed by atoms with Crippen molar-refractivity contribution in [3.05, 3.63) is 88.3 Å². The molecule has 0 saturated heterocycles. The third kappa shape index (κ3) is 4.29. The first-order chi connectivity index (χ1) is 16.7. The third-order valence-corrected chi connectivity index (χ3v) is 6.79. The highest BCUT2D eigenvalue weighted by Crippen LogP contribution is 2.33. The van der Waals surface area contributed by atoms with Crippen molar-refractivity contribution in [1.29, 1.82) is 0 Å². The molecule has 8 nitrogen and oxygen atoms in total. The van der Waals surface area contributed by atoms with Gasteiger partial charge in [0.2, 0.25) is 0 Å². The van der Waals surface area contributed by atoms with Crippen molar-refractivity contribution in [2.75, 3.05) is 12.4 Å². The second-order valence-corrected chi connectivity index (χ2v) is 8.84. The number of fused-ring (bicyclic) bond motifs is 3. The Bertz CT molecular complexity index is 1360. The van der Waals surface area contributed by atoms with E-state index < -0.39 is 0 Å². The highest BCUT2D eigenvalue weighted by atomic mass is 32.1. The molecule has 34 heavy (non-hydrogen) atoms. The summed E-state index contributed by atoms with van der Waals surface area (Å²) in [5, 5.41) is 15.5. The van der Waals surface area contributed by atoms with Crippen LogP contribution in [0.3, 0.4) is 0 Å². The molecule has 0 atom stereocenters. The molecule has 2 aromatic carbocycles. The summed E-state index contributed by atoms with van der Waals surface area (Å²) < 4.78 is 7.24. The zero-order chi connectivity index (χ0) is 23.5. The molecule has 0 aliphatic carbocycles. The monoisotopic (exact) mass is 472 g/mol. The van der Waals surface area contributed by atoms with Crippen molar-refractivity contribution in [3.8, 4) is 10.8 Å². The topological polar surface area (TPSA) is 93.4 Å².